The van der Waals surface area contributed by atoms with E-state index in [-0.39, 0.29) is 11.0 Å². The van der Waals surface area contributed by atoms with Crippen LogP contribution in [0.3, 0.4) is 0 Å². The van der Waals surface area contributed by atoms with Crippen molar-refractivity contribution >= 4 is 22.8 Å². The van der Waals surface area contributed by atoms with E-state index in [1.165, 1.54) is 6.20 Å². The van der Waals surface area contributed by atoms with Crippen LogP contribution in [0.2, 0.25) is 0 Å². The van der Waals surface area contributed by atoms with Crippen molar-refractivity contribution in [3.63, 3.8) is 0 Å². The topological polar surface area (TPSA) is 66.3 Å². The second kappa shape index (κ2) is 5.23. The number of fused-ring (bicyclic) bond motifs is 1. The Balaban J connectivity index is 1.93. The van der Waals surface area contributed by atoms with E-state index in [2.05, 4.69) is 9.97 Å². The minimum atomic E-state index is -0.976. The van der Waals surface area contributed by atoms with Gasteiger partial charge in [-0.15, -0.1) is 0 Å². The number of hydrogen-bond donors (Lipinski definition) is 1. The molecule has 1 unspecified atom stereocenters. The fourth-order valence-corrected chi connectivity index (χ4v) is 2.54. The van der Waals surface area contributed by atoms with Gasteiger partial charge in [0.05, 0.1) is 23.1 Å². The second-order valence-corrected chi connectivity index (χ2v) is 5.11. The van der Waals surface area contributed by atoms with E-state index in [4.69, 9.17) is 5.11 Å². The predicted octanol–water partition coefficient (Wildman–Crippen LogP) is 2.21. The number of piperidine rings is 1. The van der Waals surface area contributed by atoms with Crippen molar-refractivity contribution in [2.24, 2.45) is 5.92 Å². The molecule has 1 N–H and O–H groups in total. The van der Waals surface area contributed by atoms with E-state index in [0.29, 0.717) is 25.3 Å². The van der Waals surface area contributed by atoms with E-state index in [1.807, 2.05) is 4.90 Å². The lowest BCUT2D eigenvalue weighted by molar-refractivity contribution is -0.141. The molecule has 7 heteroatoms. The summed E-state index contributed by atoms with van der Waals surface area (Å²) in [6.07, 6.45) is 2.84. The van der Waals surface area contributed by atoms with Crippen LogP contribution in [0.25, 0.3) is 11.0 Å². The molecule has 110 valence electrons. The average Bonchev–Trinajstić information content (AvgIpc) is 2.48. The quantitative estimate of drug-likeness (QED) is 0.919. The summed E-state index contributed by atoms with van der Waals surface area (Å²) in [7, 11) is 0. The first-order valence-electron chi connectivity index (χ1n) is 6.64. The molecule has 2 aromatic rings. The first-order valence-corrected chi connectivity index (χ1v) is 6.64. The van der Waals surface area contributed by atoms with Gasteiger partial charge in [0.25, 0.3) is 0 Å². The number of carbonyl (C=O) groups is 1. The highest BCUT2D eigenvalue weighted by molar-refractivity contribution is 5.76. The molecule has 0 amide bonds. The van der Waals surface area contributed by atoms with Crippen molar-refractivity contribution in [1.29, 1.82) is 0 Å². The molecule has 0 radical (unpaired) electrons. The molecule has 1 aromatic heterocycles. The van der Waals surface area contributed by atoms with E-state index < -0.39 is 23.5 Å². The molecule has 1 atom stereocenters. The number of benzene rings is 1. The van der Waals surface area contributed by atoms with Crippen LogP contribution in [0.1, 0.15) is 12.8 Å². The third-order valence-corrected chi connectivity index (χ3v) is 3.67. The molecule has 1 aliphatic rings. The molecule has 3 rings (SSSR count). The van der Waals surface area contributed by atoms with Crippen LogP contribution in [-0.4, -0.2) is 34.1 Å². The molecule has 21 heavy (non-hydrogen) atoms. The van der Waals surface area contributed by atoms with Crippen LogP contribution in [0.15, 0.2) is 18.3 Å². The van der Waals surface area contributed by atoms with E-state index in [0.717, 1.165) is 18.6 Å². The Hall–Kier alpha value is -2.31. The van der Waals surface area contributed by atoms with Crippen LogP contribution in [0.5, 0.6) is 0 Å². The molecule has 0 aliphatic carbocycles. The van der Waals surface area contributed by atoms with Gasteiger partial charge in [-0.05, 0) is 12.8 Å². The van der Waals surface area contributed by atoms with Gasteiger partial charge in [0, 0.05) is 25.2 Å². The Morgan fingerprint density at radius 3 is 2.71 bits per heavy atom. The monoisotopic (exact) mass is 293 g/mol. The fourth-order valence-electron chi connectivity index (χ4n) is 2.54. The largest absolute Gasteiger partial charge is 0.481 e. The molecule has 1 aromatic carbocycles. The van der Waals surface area contributed by atoms with Gasteiger partial charge in [-0.2, -0.15) is 0 Å². The fraction of sp³-hybridized carbons (Fsp3) is 0.357. The summed E-state index contributed by atoms with van der Waals surface area (Å²) in [6.45, 7) is 1.02. The summed E-state index contributed by atoms with van der Waals surface area (Å²) in [5.41, 5.74) is 0.522. The zero-order chi connectivity index (χ0) is 15.0. The Bertz CT molecular complexity index is 708. The molecule has 5 nitrogen and oxygen atoms in total. The first-order chi connectivity index (χ1) is 10.0. The summed E-state index contributed by atoms with van der Waals surface area (Å²) in [5.74, 6) is -2.73. The maximum atomic E-state index is 13.3. The third-order valence-electron chi connectivity index (χ3n) is 3.67. The first kappa shape index (κ1) is 13.7. The van der Waals surface area contributed by atoms with Crippen molar-refractivity contribution in [3.05, 3.63) is 30.0 Å². The Kier molecular flexibility index (Phi) is 3.40. The number of hydrogen-bond acceptors (Lipinski definition) is 4. The smallest absolute Gasteiger partial charge is 0.308 e. The summed E-state index contributed by atoms with van der Waals surface area (Å²) in [6, 6.07) is 2.00. The van der Waals surface area contributed by atoms with Gasteiger partial charge < -0.3 is 10.0 Å². The van der Waals surface area contributed by atoms with E-state index in [9.17, 15) is 13.6 Å². The third kappa shape index (κ3) is 2.63. The Labute approximate surface area is 119 Å². The standard InChI is InChI=1S/C14H13F2N3O2/c15-9-4-11-12(5-10(9)16)18-13(6-17-11)19-3-1-2-8(7-19)14(20)21/h4-6,8H,1-3,7H2,(H,20,21). The van der Waals surface area contributed by atoms with E-state index >= 15 is 0 Å². The average molecular weight is 293 g/mol. The van der Waals surface area contributed by atoms with Gasteiger partial charge >= 0.3 is 5.97 Å². The molecular weight excluding hydrogens is 280 g/mol. The highest BCUT2D eigenvalue weighted by Gasteiger charge is 2.26. The minimum absolute atomic E-state index is 0.254. The maximum Gasteiger partial charge on any atom is 0.308 e. The van der Waals surface area contributed by atoms with Crippen molar-refractivity contribution in [2.75, 3.05) is 18.0 Å². The van der Waals surface area contributed by atoms with Gasteiger partial charge in [0.15, 0.2) is 11.6 Å². The number of aromatic nitrogens is 2. The highest BCUT2D eigenvalue weighted by atomic mass is 19.2. The zero-order valence-electron chi connectivity index (χ0n) is 11.1. The molecule has 1 aliphatic heterocycles. The zero-order valence-corrected chi connectivity index (χ0v) is 11.1. The normalized spacial score (nSPS) is 19.0. The number of halogens is 2. The van der Waals surface area contributed by atoms with E-state index in [1.54, 1.807) is 0 Å². The molecular formula is C14H13F2N3O2. The Morgan fingerprint density at radius 2 is 2.00 bits per heavy atom. The van der Waals surface area contributed by atoms with Crippen LogP contribution in [0.4, 0.5) is 14.6 Å². The number of anilines is 1. The summed E-state index contributed by atoms with van der Waals surface area (Å²) >= 11 is 0. The highest BCUT2D eigenvalue weighted by Crippen LogP contribution is 2.23. The number of aliphatic carboxylic acids is 1. The predicted molar refractivity (Wildman–Crippen MR) is 72.0 cm³/mol. The van der Waals surface area contributed by atoms with Gasteiger partial charge in [-0.3, -0.25) is 9.78 Å². The molecule has 1 saturated heterocycles. The molecule has 0 saturated carbocycles. The van der Waals surface area contributed by atoms with Gasteiger partial charge in [-0.25, -0.2) is 13.8 Å². The second-order valence-electron chi connectivity index (χ2n) is 5.11. The lowest BCUT2D eigenvalue weighted by atomic mass is 9.98. The van der Waals surface area contributed by atoms with Gasteiger partial charge in [0.1, 0.15) is 5.82 Å². The van der Waals surface area contributed by atoms with Crippen LogP contribution in [0, 0.1) is 17.6 Å². The number of carboxylic acid groups (broad SMARTS) is 1. The van der Waals surface area contributed by atoms with Crippen LogP contribution in [-0.2, 0) is 4.79 Å². The number of nitrogens with zero attached hydrogens (tertiary/aromatic N) is 3. The summed E-state index contributed by atoms with van der Waals surface area (Å²) in [4.78, 5) is 21.2. The lowest BCUT2D eigenvalue weighted by Crippen LogP contribution is -2.39. The van der Waals surface area contributed by atoms with Crippen LogP contribution >= 0.6 is 0 Å². The summed E-state index contributed by atoms with van der Waals surface area (Å²) in [5, 5.41) is 9.09. The van der Waals surface area contributed by atoms with Crippen molar-refractivity contribution < 1.29 is 18.7 Å². The van der Waals surface area contributed by atoms with Crippen molar-refractivity contribution in [1.82, 2.24) is 9.97 Å². The molecule has 2 heterocycles. The molecule has 0 spiro atoms. The minimum Gasteiger partial charge on any atom is -0.481 e. The Morgan fingerprint density at radius 1 is 1.29 bits per heavy atom. The SMILES string of the molecule is O=C(O)C1CCCN(c2cnc3cc(F)c(F)cc3n2)C1. The maximum absolute atomic E-state index is 13.3. The molecule has 1 fully saturated rings. The van der Waals surface area contributed by atoms with Crippen LogP contribution < -0.4 is 4.90 Å². The summed E-state index contributed by atoms with van der Waals surface area (Å²) < 4.78 is 26.4. The molecule has 0 bridgehead atoms. The lowest BCUT2D eigenvalue weighted by Gasteiger charge is -2.31. The van der Waals surface area contributed by atoms with Gasteiger partial charge in [-0.1, -0.05) is 0 Å². The van der Waals surface area contributed by atoms with Gasteiger partial charge in [0.2, 0.25) is 0 Å². The number of rotatable bonds is 2. The number of carboxylic acids is 1. The van der Waals surface area contributed by atoms with Crippen molar-refractivity contribution in [3.8, 4) is 0 Å². The van der Waals surface area contributed by atoms with Crippen molar-refractivity contribution in [2.45, 2.75) is 12.8 Å².